The molecule has 6 nitrogen and oxygen atoms in total. The SMILES string of the molecule is CS(=O)(=O)N1CCC(NC(=O)C2Cc3ccccc3CN2)CC1.Cl. The Hall–Kier alpha value is -1.15. The molecule has 8 heteroatoms. The number of nitrogens with zero attached hydrogens (tertiary/aromatic N) is 1. The molecule has 0 spiro atoms. The molecule has 2 N–H and O–H groups in total. The van der Waals surface area contributed by atoms with Crippen molar-refractivity contribution in [3.8, 4) is 0 Å². The molecule has 1 aromatic carbocycles. The standard InChI is InChI=1S/C16H23N3O3S.ClH/c1-23(21,22)19-8-6-14(7-9-19)18-16(20)15-10-12-4-2-3-5-13(12)11-17-15;/h2-5,14-15,17H,6-11H2,1H3,(H,18,20);1H. The molecular weight excluding hydrogens is 350 g/mol. The fraction of sp³-hybridized carbons (Fsp3) is 0.562. The largest absolute Gasteiger partial charge is 0.352 e. The third-order valence-electron chi connectivity index (χ3n) is 4.67. The minimum Gasteiger partial charge on any atom is -0.352 e. The summed E-state index contributed by atoms with van der Waals surface area (Å²) in [6, 6.07) is 8.01. The van der Waals surface area contributed by atoms with Crippen molar-refractivity contribution in [2.45, 2.75) is 37.9 Å². The smallest absolute Gasteiger partial charge is 0.237 e. The highest BCUT2D eigenvalue weighted by Gasteiger charge is 2.29. The maximum absolute atomic E-state index is 12.4. The summed E-state index contributed by atoms with van der Waals surface area (Å²) in [6.07, 6.45) is 3.27. The molecule has 1 fully saturated rings. The molecule has 1 saturated heterocycles. The Morgan fingerprint density at radius 3 is 2.46 bits per heavy atom. The van der Waals surface area contributed by atoms with Crippen LogP contribution < -0.4 is 10.6 Å². The number of hydrogen-bond acceptors (Lipinski definition) is 4. The molecule has 134 valence electrons. The summed E-state index contributed by atoms with van der Waals surface area (Å²) in [6.45, 7) is 1.66. The van der Waals surface area contributed by atoms with E-state index in [1.165, 1.54) is 21.7 Å². The van der Waals surface area contributed by atoms with Crippen LogP contribution in [0.2, 0.25) is 0 Å². The van der Waals surface area contributed by atoms with E-state index in [-0.39, 0.29) is 30.4 Å². The van der Waals surface area contributed by atoms with Crippen molar-refractivity contribution in [2.24, 2.45) is 0 Å². The summed E-state index contributed by atoms with van der Waals surface area (Å²) in [5.74, 6) is 0.0114. The highest BCUT2D eigenvalue weighted by molar-refractivity contribution is 7.88. The van der Waals surface area contributed by atoms with E-state index in [9.17, 15) is 13.2 Å². The molecular formula is C16H24ClN3O3S. The van der Waals surface area contributed by atoms with Crippen LogP contribution in [0, 0.1) is 0 Å². The number of benzene rings is 1. The Morgan fingerprint density at radius 1 is 1.21 bits per heavy atom. The first-order valence-corrected chi connectivity index (χ1v) is 9.84. The van der Waals surface area contributed by atoms with Gasteiger partial charge < -0.3 is 10.6 Å². The van der Waals surface area contributed by atoms with Crippen molar-refractivity contribution in [3.05, 3.63) is 35.4 Å². The maximum Gasteiger partial charge on any atom is 0.237 e. The molecule has 1 atom stereocenters. The van der Waals surface area contributed by atoms with Crippen molar-refractivity contribution in [2.75, 3.05) is 19.3 Å². The Morgan fingerprint density at radius 2 is 1.83 bits per heavy atom. The average molecular weight is 374 g/mol. The Bertz CT molecular complexity index is 688. The van der Waals surface area contributed by atoms with Gasteiger partial charge in [0, 0.05) is 25.7 Å². The van der Waals surface area contributed by atoms with Gasteiger partial charge in [0.2, 0.25) is 15.9 Å². The summed E-state index contributed by atoms with van der Waals surface area (Å²) in [5, 5.41) is 6.35. The molecule has 3 rings (SSSR count). The summed E-state index contributed by atoms with van der Waals surface area (Å²) in [4.78, 5) is 12.4. The number of carbonyl (C=O) groups is 1. The van der Waals surface area contributed by atoms with Crippen LogP contribution in [0.1, 0.15) is 24.0 Å². The number of hydrogen-bond donors (Lipinski definition) is 2. The van der Waals surface area contributed by atoms with E-state index in [4.69, 9.17) is 0 Å². The molecule has 1 aromatic rings. The molecule has 1 unspecified atom stereocenters. The summed E-state index contributed by atoms with van der Waals surface area (Å²) < 4.78 is 24.5. The van der Waals surface area contributed by atoms with E-state index in [1.54, 1.807) is 0 Å². The van der Waals surface area contributed by atoms with Gasteiger partial charge >= 0.3 is 0 Å². The third kappa shape index (κ3) is 4.47. The van der Waals surface area contributed by atoms with Gasteiger partial charge in [-0.05, 0) is 30.4 Å². The minimum absolute atomic E-state index is 0. The monoisotopic (exact) mass is 373 g/mol. The van der Waals surface area contributed by atoms with Crippen LogP contribution in [0.25, 0.3) is 0 Å². The highest BCUT2D eigenvalue weighted by atomic mass is 35.5. The van der Waals surface area contributed by atoms with E-state index in [0.717, 1.165) is 0 Å². The number of amides is 1. The minimum atomic E-state index is -3.12. The van der Waals surface area contributed by atoms with Crippen LogP contribution in [0.5, 0.6) is 0 Å². The van der Waals surface area contributed by atoms with Crippen LogP contribution in [0.4, 0.5) is 0 Å². The van der Waals surface area contributed by atoms with Crippen LogP contribution in [0.3, 0.4) is 0 Å². The average Bonchev–Trinajstić information content (AvgIpc) is 2.54. The van der Waals surface area contributed by atoms with Gasteiger partial charge in [0.05, 0.1) is 12.3 Å². The fourth-order valence-corrected chi connectivity index (χ4v) is 4.15. The van der Waals surface area contributed by atoms with Gasteiger partial charge in [-0.2, -0.15) is 0 Å². The van der Waals surface area contributed by atoms with E-state index in [0.29, 0.717) is 38.9 Å². The first-order valence-electron chi connectivity index (χ1n) is 7.99. The van der Waals surface area contributed by atoms with Crippen LogP contribution in [0.15, 0.2) is 24.3 Å². The molecule has 0 aromatic heterocycles. The van der Waals surface area contributed by atoms with E-state index in [1.807, 2.05) is 12.1 Å². The number of fused-ring (bicyclic) bond motifs is 1. The van der Waals surface area contributed by atoms with Gasteiger partial charge in [-0.3, -0.25) is 4.79 Å². The lowest BCUT2D eigenvalue weighted by molar-refractivity contribution is -0.124. The molecule has 2 aliphatic heterocycles. The number of halogens is 1. The first-order chi connectivity index (χ1) is 10.9. The Balaban J connectivity index is 0.00000208. The second-order valence-corrected chi connectivity index (χ2v) is 8.33. The van der Waals surface area contributed by atoms with Crippen molar-refractivity contribution in [1.82, 2.24) is 14.9 Å². The normalized spacial score (nSPS) is 22.3. The maximum atomic E-state index is 12.4. The predicted molar refractivity (Wildman–Crippen MR) is 95.6 cm³/mol. The zero-order chi connectivity index (χ0) is 16.4. The number of piperidine rings is 1. The Labute approximate surface area is 149 Å². The lowest BCUT2D eigenvalue weighted by Gasteiger charge is -2.32. The zero-order valence-electron chi connectivity index (χ0n) is 13.7. The zero-order valence-corrected chi connectivity index (χ0v) is 15.3. The molecule has 2 heterocycles. The quantitative estimate of drug-likeness (QED) is 0.816. The fourth-order valence-electron chi connectivity index (χ4n) is 3.27. The van der Waals surface area contributed by atoms with Crippen LogP contribution >= 0.6 is 12.4 Å². The predicted octanol–water partition coefficient (Wildman–Crippen LogP) is 0.663. The van der Waals surface area contributed by atoms with Crippen molar-refractivity contribution in [1.29, 1.82) is 0 Å². The topological polar surface area (TPSA) is 78.5 Å². The summed E-state index contributed by atoms with van der Waals surface area (Å²) in [5.41, 5.74) is 2.47. The van der Waals surface area contributed by atoms with Gasteiger partial charge in [0.15, 0.2) is 0 Å². The van der Waals surface area contributed by atoms with Gasteiger partial charge in [0.1, 0.15) is 0 Å². The number of rotatable bonds is 3. The second-order valence-electron chi connectivity index (χ2n) is 6.35. The van der Waals surface area contributed by atoms with E-state index >= 15 is 0 Å². The molecule has 0 saturated carbocycles. The molecule has 1 amide bonds. The summed E-state index contributed by atoms with van der Waals surface area (Å²) in [7, 11) is -3.12. The third-order valence-corrected chi connectivity index (χ3v) is 5.97. The van der Waals surface area contributed by atoms with Gasteiger partial charge in [-0.15, -0.1) is 12.4 Å². The molecule has 0 radical (unpaired) electrons. The molecule has 0 bridgehead atoms. The first kappa shape index (κ1) is 19.2. The van der Waals surface area contributed by atoms with Gasteiger partial charge in [0.25, 0.3) is 0 Å². The van der Waals surface area contributed by atoms with Gasteiger partial charge in [-0.1, -0.05) is 24.3 Å². The van der Waals surface area contributed by atoms with Crippen LogP contribution in [-0.4, -0.2) is 50.1 Å². The number of sulfonamides is 1. The highest BCUT2D eigenvalue weighted by Crippen LogP contribution is 2.17. The molecule has 24 heavy (non-hydrogen) atoms. The summed E-state index contributed by atoms with van der Waals surface area (Å²) >= 11 is 0. The molecule has 0 aliphatic carbocycles. The van der Waals surface area contributed by atoms with Crippen LogP contribution in [-0.2, 0) is 27.8 Å². The number of carbonyl (C=O) groups excluding carboxylic acids is 1. The second kappa shape index (κ2) is 7.82. The Kier molecular flexibility index (Phi) is 6.25. The van der Waals surface area contributed by atoms with E-state index in [2.05, 4.69) is 22.8 Å². The lowest BCUT2D eigenvalue weighted by Crippen LogP contribution is -2.53. The van der Waals surface area contributed by atoms with Crippen molar-refractivity contribution < 1.29 is 13.2 Å². The van der Waals surface area contributed by atoms with E-state index < -0.39 is 10.0 Å². The molecule has 2 aliphatic rings. The van der Waals surface area contributed by atoms with Crippen molar-refractivity contribution in [3.63, 3.8) is 0 Å². The number of nitrogens with one attached hydrogen (secondary N) is 2. The lowest BCUT2D eigenvalue weighted by atomic mass is 9.95. The van der Waals surface area contributed by atoms with Gasteiger partial charge in [-0.25, -0.2) is 12.7 Å². The van der Waals surface area contributed by atoms with Crippen molar-refractivity contribution >= 4 is 28.3 Å².